The molecule has 0 radical (unpaired) electrons. The van der Waals surface area contributed by atoms with Crippen molar-refractivity contribution in [3.05, 3.63) is 93.5 Å². The van der Waals surface area contributed by atoms with Crippen LogP contribution in [-0.4, -0.2) is 31.9 Å². The summed E-state index contributed by atoms with van der Waals surface area (Å²) in [6.45, 7) is 4.83. The molecule has 0 bridgehead atoms. The number of halogens is 1. The van der Waals surface area contributed by atoms with E-state index in [4.69, 9.17) is 10.5 Å². The molecule has 174 valence electrons. The van der Waals surface area contributed by atoms with Crippen LogP contribution in [0.5, 0.6) is 5.75 Å². The smallest absolute Gasteiger partial charge is 0.153 e. The van der Waals surface area contributed by atoms with E-state index in [2.05, 4.69) is 72.2 Å². The van der Waals surface area contributed by atoms with E-state index in [1.807, 2.05) is 29.1 Å². The van der Waals surface area contributed by atoms with Gasteiger partial charge in [-0.2, -0.15) is 5.10 Å². The van der Waals surface area contributed by atoms with Gasteiger partial charge in [0.2, 0.25) is 0 Å². The van der Waals surface area contributed by atoms with Crippen LogP contribution in [0, 0.1) is 6.92 Å². The van der Waals surface area contributed by atoms with Crippen LogP contribution in [0.25, 0.3) is 0 Å². The maximum atomic E-state index is 6.23. The number of aromatic nitrogens is 4. The third-order valence-electron chi connectivity index (χ3n) is 6.19. The Morgan fingerprint density at radius 3 is 2.50 bits per heavy atom. The lowest BCUT2D eigenvalue weighted by Crippen LogP contribution is -2.37. The van der Waals surface area contributed by atoms with Crippen molar-refractivity contribution in [2.75, 3.05) is 17.9 Å². The highest BCUT2D eigenvalue weighted by molar-refractivity contribution is 9.10. The lowest BCUT2D eigenvalue weighted by atomic mass is 10.1. The molecule has 2 aromatic heterocycles. The summed E-state index contributed by atoms with van der Waals surface area (Å²) in [5.74, 6) is 2.23. The van der Waals surface area contributed by atoms with E-state index in [0.29, 0.717) is 18.9 Å². The molecule has 3 heterocycles. The molecule has 0 amide bonds. The molecule has 2 aromatic carbocycles. The van der Waals surface area contributed by atoms with E-state index in [0.717, 1.165) is 45.8 Å². The third-order valence-corrected chi connectivity index (χ3v) is 6.94. The molecule has 0 spiro atoms. The molecule has 0 saturated carbocycles. The van der Waals surface area contributed by atoms with E-state index in [-0.39, 0.29) is 0 Å². The summed E-state index contributed by atoms with van der Waals surface area (Å²) in [4.78, 5) is 8.80. The molecule has 8 nitrogen and oxygen atoms in total. The molecule has 5 rings (SSSR count). The van der Waals surface area contributed by atoms with Gasteiger partial charge in [0.25, 0.3) is 0 Å². The number of nitrogens with zero attached hydrogens (tertiary/aromatic N) is 6. The van der Waals surface area contributed by atoms with E-state index in [9.17, 15) is 0 Å². The highest BCUT2D eigenvalue weighted by Gasteiger charge is 2.32. The van der Waals surface area contributed by atoms with Crippen molar-refractivity contribution >= 4 is 27.6 Å². The maximum absolute atomic E-state index is 6.23. The van der Waals surface area contributed by atoms with Crippen LogP contribution in [0.2, 0.25) is 0 Å². The summed E-state index contributed by atoms with van der Waals surface area (Å²) in [5.41, 5.74) is 11.8. The summed E-state index contributed by atoms with van der Waals surface area (Å²) >= 11 is 3.73. The minimum Gasteiger partial charge on any atom is -0.496 e. The van der Waals surface area contributed by atoms with Gasteiger partial charge in [0, 0.05) is 23.4 Å². The molecule has 0 unspecified atom stereocenters. The van der Waals surface area contributed by atoms with Gasteiger partial charge in [0.15, 0.2) is 5.82 Å². The summed E-state index contributed by atoms with van der Waals surface area (Å²) in [6, 6.07) is 14.6. The Kier molecular flexibility index (Phi) is 6.21. The standard InChI is InChI=1S/C25H26BrN7O/c1-17-20(22(26)8-9-23(17)34-2)15-33-25-21(24(27)28-16-29-25)14-32(33)13-19-6-4-18(5-7-19)12-31-11-3-10-30-31/h3-11,16H,12-15H2,1-2H3,(H2,27,28,29). The number of hydrogen-bond donors (Lipinski definition) is 1. The quantitative estimate of drug-likeness (QED) is 0.389. The van der Waals surface area contributed by atoms with Crippen molar-refractivity contribution in [2.24, 2.45) is 0 Å². The Morgan fingerprint density at radius 2 is 1.79 bits per heavy atom. The van der Waals surface area contributed by atoms with Crippen LogP contribution < -0.4 is 15.5 Å². The number of nitrogens with two attached hydrogens (primary N) is 1. The Labute approximate surface area is 207 Å². The van der Waals surface area contributed by atoms with E-state index >= 15 is 0 Å². The van der Waals surface area contributed by atoms with Gasteiger partial charge in [-0.15, -0.1) is 0 Å². The number of hydrogen-bond acceptors (Lipinski definition) is 7. The fourth-order valence-corrected chi connectivity index (χ4v) is 4.87. The highest BCUT2D eigenvalue weighted by Crippen LogP contribution is 2.37. The molecular weight excluding hydrogens is 494 g/mol. The summed E-state index contributed by atoms with van der Waals surface area (Å²) in [6.07, 6.45) is 5.30. The van der Waals surface area contributed by atoms with Crippen LogP contribution in [0.15, 0.2) is 65.7 Å². The molecule has 1 aliphatic heterocycles. The van der Waals surface area contributed by atoms with Gasteiger partial charge in [0.05, 0.1) is 32.3 Å². The lowest BCUT2D eigenvalue weighted by molar-refractivity contribution is 0.249. The van der Waals surface area contributed by atoms with Crippen molar-refractivity contribution in [3.8, 4) is 5.75 Å². The van der Waals surface area contributed by atoms with E-state index in [1.54, 1.807) is 13.3 Å². The Balaban J connectivity index is 1.42. The van der Waals surface area contributed by atoms with Gasteiger partial charge in [0.1, 0.15) is 17.9 Å². The first kappa shape index (κ1) is 22.4. The summed E-state index contributed by atoms with van der Waals surface area (Å²) in [7, 11) is 1.70. The molecule has 34 heavy (non-hydrogen) atoms. The first-order valence-electron chi connectivity index (χ1n) is 11.0. The molecule has 0 atom stereocenters. The minimum atomic E-state index is 0.522. The minimum absolute atomic E-state index is 0.522. The number of fused-ring (bicyclic) bond motifs is 1. The number of nitrogen functional groups attached to an aromatic ring is 1. The molecular formula is C25H26BrN7O. The molecule has 4 aromatic rings. The monoisotopic (exact) mass is 519 g/mol. The number of methoxy groups -OCH3 is 1. The topological polar surface area (TPSA) is 85.3 Å². The van der Waals surface area contributed by atoms with Gasteiger partial charge in [-0.05, 0) is 47.4 Å². The van der Waals surface area contributed by atoms with Crippen LogP contribution in [0.1, 0.15) is 27.8 Å². The predicted octanol–water partition coefficient (Wildman–Crippen LogP) is 4.32. The number of rotatable bonds is 7. The van der Waals surface area contributed by atoms with E-state index in [1.165, 1.54) is 17.5 Å². The van der Waals surface area contributed by atoms with Gasteiger partial charge in [-0.3, -0.25) is 9.69 Å². The first-order valence-corrected chi connectivity index (χ1v) is 11.8. The average molecular weight is 520 g/mol. The second-order valence-corrected chi connectivity index (χ2v) is 9.17. The first-order chi connectivity index (χ1) is 16.5. The Hall–Kier alpha value is -3.43. The predicted molar refractivity (Wildman–Crippen MR) is 135 cm³/mol. The Morgan fingerprint density at radius 1 is 1.03 bits per heavy atom. The van der Waals surface area contributed by atoms with Gasteiger partial charge >= 0.3 is 0 Å². The zero-order valence-corrected chi connectivity index (χ0v) is 20.7. The highest BCUT2D eigenvalue weighted by atomic mass is 79.9. The fourth-order valence-electron chi connectivity index (χ4n) is 4.32. The van der Waals surface area contributed by atoms with E-state index < -0.39 is 0 Å². The average Bonchev–Trinajstić information content (AvgIpc) is 3.47. The molecule has 0 fully saturated rings. The number of benzene rings is 2. The van der Waals surface area contributed by atoms with Crippen molar-refractivity contribution in [1.29, 1.82) is 0 Å². The summed E-state index contributed by atoms with van der Waals surface area (Å²) in [5, 5.41) is 8.75. The fraction of sp³-hybridized carbons (Fsp3) is 0.240. The second-order valence-electron chi connectivity index (χ2n) is 8.31. The van der Waals surface area contributed by atoms with Crippen LogP contribution >= 0.6 is 15.9 Å². The second kappa shape index (κ2) is 9.44. The van der Waals surface area contributed by atoms with Gasteiger partial charge < -0.3 is 10.5 Å². The number of ether oxygens (including phenoxy) is 1. The maximum Gasteiger partial charge on any atom is 0.153 e. The number of anilines is 2. The normalized spacial score (nSPS) is 13.3. The molecule has 1 aliphatic rings. The molecule has 2 N–H and O–H groups in total. The van der Waals surface area contributed by atoms with Gasteiger partial charge in [-0.25, -0.2) is 15.0 Å². The number of hydrazine groups is 1. The Bertz CT molecular complexity index is 1290. The van der Waals surface area contributed by atoms with Crippen molar-refractivity contribution in [2.45, 2.75) is 33.1 Å². The lowest BCUT2D eigenvalue weighted by Gasteiger charge is -2.30. The van der Waals surface area contributed by atoms with Crippen LogP contribution in [0.4, 0.5) is 11.6 Å². The van der Waals surface area contributed by atoms with Crippen LogP contribution in [0.3, 0.4) is 0 Å². The van der Waals surface area contributed by atoms with Crippen molar-refractivity contribution in [1.82, 2.24) is 24.8 Å². The van der Waals surface area contributed by atoms with Crippen molar-refractivity contribution < 1.29 is 4.74 Å². The SMILES string of the molecule is COc1ccc(Br)c(CN2c3ncnc(N)c3CN2Cc2ccc(Cn3cccn3)cc2)c1C. The van der Waals surface area contributed by atoms with Crippen LogP contribution in [-0.2, 0) is 26.2 Å². The summed E-state index contributed by atoms with van der Waals surface area (Å²) < 4.78 is 8.51. The molecule has 0 aliphatic carbocycles. The largest absolute Gasteiger partial charge is 0.496 e. The zero-order chi connectivity index (χ0) is 23.7. The molecule has 9 heteroatoms. The van der Waals surface area contributed by atoms with Crippen molar-refractivity contribution in [3.63, 3.8) is 0 Å². The van der Waals surface area contributed by atoms with Gasteiger partial charge in [-0.1, -0.05) is 40.2 Å². The third kappa shape index (κ3) is 4.36. The zero-order valence-electron chi connectivity index (χ0n) is 19.1. The molecule has 0 saturated heterocycles.